The topological polar surface area (TPSA) is 64.4 Å². The molecule has 0 radical (unpaired) electrons. The number of aryl methyl sites for hydroxylation is 2. The number of carbonyl (C=O) groups is 1. The standard InChI is InChI=1S/C22H24N2O3/c25-22(23-14-4-7-20-15-24-27-17-20)13-10-18-8-11-21(12-9-18)26-16-19-5-2-1-3-6-19/h1-3,5-6,8-9,11-12,15,17H,4,7,10,13-14,16H2,(H,23,25). The highest BCUT2D eigenvalue weighted by molar-refractivity contribution is 5.76. The second-order valence-corrected chi connectivity index (χ2v) is 6.40. The second kappa shape index (κ2) is 10.2. The lowest BCUT2D eigenvalue weighted by atomic mass is 10.1. The summed E-state index contributed by atoms with van der Waals surface area (Å²) in [4.78, 5) is 11.9. The Morgan fingerprint density at radius 3 is 2.52 bits per heavy atom. The van der Waals surface area contributed by atoms with Crippen LogP contribution >= 0.6 is 0 Å². The summed E-state index contributed by atoms with van der Waals surface area (Å²) in [5.74, 6) is 0.908. The SMILES string of the molecule is O=C(CCc1ccc(OCc2ccccc2)cc1)NCCCc1cnoc1. The number of nitrogens with one attached hydrogen (secondary N) is 1. The molecular weight excluding hydrogens is 340 g/mol. The van der Waals surface area contributed by atoms with E-state index in [-0.39, 0.29) is 5.91 Å². The number of carbonyl (C=O) groups excluding carboxylic acids is 1. The van der Waals surface area contributed by atoms with E-state index >= 15 is 0 Å². The molecule has 27 heavy (non-hydrogen) atoms. The average molecular weight is 364 g/mol. The Labute approximate surface area is 159 Å². The number of nitrogens with zero attached hydrogens (tertiary/aromatic N) is 1. The summed E-state index contributed by atoms with van der Waals surface area (Å²) in [5.41, 5.74) is 3.32. The van der Waals surface area contributed by atoms with Gasteiger partial charge in [0.05, 0.1) is 6.20 Å². The molecule has 0 saturated carbocycles. The first kappa shape index (κ1) is 18.7. The van der Waals surface area contributed by atoms with Crippen molar-refractivity contribution < 1.29 is 14.1 Å². The minimum Gasteiger partial charge on any atom is -0.489 e. The van der Waals surface area contributed by atoms with Crippen molar-refractivity contribution in [3.8, 4) is 5.75 Å². The van der Waals surface area contributed by atoms with E-state index in [2.05, 4.69) is 10.5 Å². The fourth-order valence-electron chi connectivity index (χ4n) is 2.71. The molecule has 0 aliphatic rings. The van der Waals surface area contributed by atoms with Gasteiger partial charge in [0.2, 0.25) is 5.91 Å². The highest BCUT2D eigenvalue weighted by Crippen LogP contribution is 2.15. The van der Waals surface area contributed by atoms with Gasteiger partial charge in [-0.15, -0.1) is 0 Å². The second-order valence-electron chi connectivity index (χ2n) is 6.40. The van der Waals surface area contributed by atoms with Crippen LogP contribution in [0.5, 0.6) is 5.75 Å². The van der Waals surface area contributed by atoms with Crippen LogP contribution in [0.15, 0.2) is 71.6 Å². The Hall–Kier alpha value is -3.08. The Kier molecular flexibility index (Phi) is 7.04. The van der Waals surface area contributed by atoms with E-state index < -0.39 is 0 Å². The fourth-order valence-corrected chi connectivity index (χ4v) is 2.71. The normalized spacial score (nSPS) is 10.5. The van der Waals surface area contributed by atoms with Crippen molar-refractivity contribution in [3.05, 3.63) is 83.7 Å². The quantitative estimate of drug-likeness (QED) is 0.554. The smallest absolute Gasteiger partial charge is 0.220 e. The predicted molar refractivity (Wildman–Crippen MR) is 103 cm³/mol. The Morgan fingerprint density at radius 1 is 0.963 bits per heavy atom. The number of hydrogen-bond acceptors (Lipinski definition) is 4. The number of amides is 1. The van der Waals surface area contributed by atoms with Crippen LogP contribution in [0.25, 0.3) is 0 Å². The first-order valence-corrected chi connectivity index (χ1v) is 9.20. The largest absolute Gasteiger partial charge is 0.489 e. The Morgan fingerprint density at radius 2 is 1.78 bits per heavy atom. The van der Waals surface area contributed by atoms with E-state index in [4.69, 9.17) is 9.26 Å². The Balaban J connectivity index is 1.32. The first-order chi connectivity index (χ1) is 13.3. The third kappa shape index (κ3) is 6.62. The molecule has 0 unspecified atom stereocenters. The van der Waals surface area contributed by atoms with Gasteiger partial charge in [0.15, 0.2) is 0 Å². The first-order valence-electron chi connectivity index (χ1n) is 9.20. The van der Waals surface area contributed by atoms with Crippen LogP contribution in [-0.4, -0.2) is 17.6 Å². The Bertz CT molecular complexity index is 799. The van der Waals surface area contributed by atoms with Gasteiger partial charge in [-0.1, -0.05) is 47.6 Å². The highest BCUT2D eigenvalue weighted by atomic mass is 16.5. The van der Waals surface area contributed by atoms with Crippen LogP contribution in [0.1, 0.15) is 29.5 Å². The number of aromatic nitrogens is 1. The maximum atomic E-state index is 11.9. The van der Waals surface area contributed by atoms with Crippen molar-refractivity contribution >= 4 is 5.91 Å². The van der Waals surface area contributed by atoms with E-state index in [1.165, 1.54) is 0 Å². The lowest BCUT2D eigenvalue weighted by Gasteiger charge is -2.08. The third-order valence-electron chi connectivity index (χ3n) is 4.26. The average Bonchev–Trinajstić information content (AvgIpc) is 3.23. The molecule has 1 heterocycles. The molecule has 5 heteroatoms. The van der Waals surface area contributed by atoms with Gasteiger partial charge in [-0.25, -0.2) is 0 Å². The van der Waals surface area contributed by atoms with Gasteiger partial charge in [0, 0.05) is 18.5 Å². The molecule has 5 nitrogen and oxygen atoms in total. The fraction of sp³-hybridized carbons (Fsp3) is 0.273. The van der Waals surface area contributed by atoms with Crippen molar-refractivity contribution in [1.82, 2.24) is 10.5 Å². The molecule has 0 fully saturated rings. The molecule has 0 spiro atoms. The van der Waals surface area contributed by atoms with Gasteiger partial charge in [0.1, 0.15) is 18.6 Å². The van der Waals surface area contributed by atoms with Crippen molar-refractivity contribution in [2.24, 2.45) is 0 Å². The summed E-state index contributed by atoms with van der Waals surface area (Å²) in [6.45, 7) is 1.22. The van der Waals surface area contributed by atoms with Gasteiger partial charge in [-0.2, -0.15) is 0 Å². The van der Waals surface area contributed by atoms with E-state index in [0.29, 0.717) is 19.6 Å². The summed E-state index contributed by atoms with van der Waals surface area (Å²) in [6.07, 6.45) is 6.27. The summed E-state index contributed by atoms with van der Waals surface area (Å²) in [5, 5.41) is 6.61. The maximum Gasteiger partial charge on any atom is 0.220 e. The molecule has 1 N–H and O–H groups in total. The molecule has 2 aromatic carbocycles. The van der Waals surface area contributed by atoms with E-state index in [0.717, 1.165) is 41.7 Å². The number of benzene rings is 2. The van der Waals surface area contributed by atoms with E-state index in [1.54, 1.807) is 12.5 Å². The minimum absolute atomic E-state index is 0.0738. The zero-order chi connectivity index (χ0) is 18.7. The summed E-state index contributed by atoms with van der Waals surface area (Å²) in [6, 6.07) is 18.0. The molecule has 140 valence electrons. The summed E-state index contributed by atoms with van der Waals surface area (Å²) < 4.78 is 10.6. The zero-order valence-corrected chi connectivity index (χ0v) is 15.3. The lowest BCUT2D eigenvalue weighted by Crippen LogP contribution is -2.24. The predicted octanol–water partition coefficient (Wildman–Crippen LogP) is 3.94. The van der Waals surface area contributed by atoms with Gasteiger partial charge < -0.3 is 14.6 Å². The van der Waals surface area contributed by atoms with Crippen LogP contribution in [0.3, 0.4) is 0 Å². The third-order valence-corrected chi connectivity index (χ3v) is 4.26. The summed E-state index contributed by atoms with van der Waals surface area (Å²) >= 11 is 0. The number of hydrogen-bond donors (Lipinski definition) is 1. The van der Waals surface area contributed by atoms with Crippen LogP contribution in [0, 0.1) is 0 Å². The molecule has 1 aromatic heterocycles. The van der Waals surface area contributed by atoms with Crippen LogP contribution < -0.4 is 10.1 Å². The van der Waals surface area contributed by atoms with E-state index in [9.17, 15) is 4.79 Å². The number of rotatable bonds is 10. The van der Waals surface area contributed by atoms with Crippen molar-refractivity contribution in [2.75, 3.05) is 6.54 Å². The molecule has 0 aliphatic carbocycles. The van der Waals surface area contributed by atoms with Crippen molar-refractivity contribution in [2.45, 2.75) is 32.3 Å². The van der Waals surface area contributed by atoms with Gasteiger partial charge in [0.25, 0.3) is 0 Å². The molecule has 3 aromatic rings. The van der Waals surface area contributed by atoms with Crippen LogP contribution in [-0.2, 0) is 24.2 Å². The lowest BCUT2D eigenvalue weighted by molar-refractivity contribution is -0.121. The van der Waals surface area contributed by atoms with Gasteiger partial charge in [-0.3, -0.25) is 4.79 Å². The highest BCUT2D eigenvalue weighted by Gasteiger charge is 2.03. The summed E-state index contributed by atoms with van der Waals surface area (Å²) in [7, 11) is 0. The molecular formula is C22H24N2O3. The van der Waals surface area contributed by atoms with Crippen LogP contribution in [0.2, 0.25) is 0 Å². The molecule has 0 atom stereocenters. The van der Waals surface area contributed by atoms with Gasteiger partial charge >= 0.3 is 0 Å². The van der Waals surface area contributed by atoms with E-state index in [1.807, 2.05) is 54.6 Å². The molecule has 0 aliphatic heterocycles. The van der Waals surface area contributed by atoms with Crippen LogP contribution in [0.4, 0.5) is 0 Å². The van der Waals surface area contributed by atoms with Crippen molar-refractivity contribution in [3.63, 3.8) is 0 Å². The van der Waals surface area contributed by atoms with Crippen molar-refractivity contribution in [1.29, 1.82) is 0 Å². The maximum absolute atomic E-state index is 11.9. The van der Waals surface area contributed by atoms with Gasteiger partial charge in [-0.05, 0) is 42.5 Å². The molecule has 0 saturated heterocycles. The molecule has 3 rings (SSSR count). The number of ether oxygens (including phenoxy) is 1. The molecule has 0 bridgehead atoms. The molecule has 1 amide bonds. The monoisotopic (exact) mass is 364 g/mol. The minimum atomic E-state index is 0.0738. The zero-order valence-electron chi connectivity index (χ0n) is 15.3.